The molecule has 0 aromatic heterocycles. The average molecular weight is 671 g/mol. The summed E-state index contributed by atoms with van der Waals surface area (Å²) in [5.41, 5.74) is 0.505. The van der Waals surface area contributed by atoms with Crippen LogP contribution in [0, 0.1) is 0 Å². The molecule has 4 rings (SSSR count). The number of rotatable bonds is 13. The molecule has 250 valence electrons. The second kappa shape index (κ2) is 14.3. The van der Waals surface area contributed by atoms with Crippen molar-refractivity contribution in [2.45, 2.75) is 62.1 Å². The first kappa shape index (κ1) is 35.1. The van der Waals surface area contributed by atoms with Crippen molar-refractivity contribution in [3.05, 3.63) is 89.5 Å². The molecule has 0 aliphatic carbocycles. The molecule has 46 heavy (non-hydrogen) atoms. The molecule has 3 aromatic carbocycles. The summed E-state index contributed by atoms with van der Waals surface area (Å²) in [4.78, 5) is 14.9. The van der Waals surface area contributed by atoms with Crippen LogP contribution in [0.4, 0.5) is 27.6 Å². The smallest absolute Gasteiger partial charge is 0.416 e. The summed E-state index contributed by atoms with van der Waals surface area (Å²) in [5, 5.41) is 12.6. The lowest BCUT2D eigenvalue weighted by molar-refractivity contribution is -0.241. The highest BCUT2D eigenvalue weighted by atomic mass is 32.2. The van der Waals surface area contributed by atoms with Gasteiger partial charge in [-0.25, -0.2) is 8.42 Å². The van der Waals surface area contributed by atoms with Crippen molar-refractivity contribution in [3.8, 4) is 5.75 Å². The fourth-order valence-corrected chi connectivity index (χ4v) is 5.91. The first-order valence-electron chi connectivity index (χ1n) is 14.6. The van der Waals surface area contributed by atoms with E-state index in [0.29, 0.717) is 11.3 Å². The molecule has 1 aliphatic rings. The van der Waals surface area contributed by atoms with Crippen LogP contribution in [0.2, 0.25) is 0 Å². The zero-order chi connectivity index (χ0) is 33.7. The topological polar surface area (TPSA) is 105 Å². The maximum absolute atomic E-state index is 13.9. The second-order valence-corrected chi connectivity index (χ2v) is 13.1. The molecule has 1 aliphatic heterocycles. The van der Waals surface area contributed by atoms with E-state index in [4.69, 9.17) is 9.47 Å². The van der Waals surface area contributed by atoms with E-state index in [-0.39, 0.29) is 41.5 Å². The van der Waals surface area contributed by atoms with Crippen molar-refractivity contribution in [1.82, 2.24) is 5.32 Å². The van der Waals surface area contributed by atoms with Gasteiger partial charge in [0.05, 0.1) is 48.1 Å². The first-order chi connectivity index (χ1) is 21.7. The second-order valence-electron chi connectivity index (χ2n) is 10.8. The maximum Gasteiger partial charge on any atom is 0.416 e. The van der Waals surface area contributed by atoms with Crippen LogP contribution >= 0.6 is 0 Å². The number of hydrogen-bond acceptors (Lipinski definition) is 7. The molecule has 0 radical (unpaired) electrons. The van der Waals surface area contributed by atoms with Gasteiger partial charge in [-0.2, -0.15) is 22.0 Å². The van der Waals surface area contributed by atoms with Gasteiger partial charge in [0.2, 0.25) is 0 Å². The largest absolute Gasteiger partial charge is 0.489 e. The monoisotopic (exact) mass is 670 g/mol. The minimum absolute atomic E-state index is 0.0637. The molecule has 0 bridgehead atoms. The zero-order valence-electron chi connectivity index (χ0n) is 25.1. The Morgan fingerprint density at radius 1 is 0.978 bits per heavy atom. The molecule has 1 saturated heterocycles. The number of aliphatic hydroxyl groups is 1. The SMILES string of the molecule is CCC(F)(F)OC[C@@H]1C[C@H](Oc2ccc(C(F)(F)F)cc2)CN1c1ccc(C(=O)N[C@@H](CO)c2ccc(S(=O)(=O)CC)cc2)cc1. The number of nitrogens with zero attached hydrogens (tertiary/aromatic N) is 1. The number of aliphatic hydroxyl groups excluding tert-OH is 1. The summed E-state index contributed by atoms with van der Waals surface area (Å²) in [6, 6.07) is 15.0. The standard InChI is InChI=1S/C32H35F5N2O6S/c1-3-31(33,34)44-20-25-17-27(45-26-13-9-23(10-14-26)32(35,36)37)18-39(25)24-11-5-22(6-12-24)30(41)38-29(19-40)21-7-15-28(16-8-21)46(42,43)4-2/h5-16,25,27,29,40H,3-4,17-20H2,1-2H3,(H,38,41)/t25-,27-,29-/m0/s1. The van der Waals surface area contributed by atoms with E-state index in [0.717, 1.165) is 12.1 Å². The summed E-state index contributed by atoms with van der Waals surface area (Å²) in [5.74, 6) is -0.375. The molecule has 0 saturated carbocycles. The van der Waals surface area contributed by atoms with Crippen molar-refractivity contribution in [2.75, 3.05) is 30.4 Å². The lowest BCUT2D eigenvalue weighted by atomic mass is 10.1. The highest BCUT2D eigenvalue weighted by Crippen LogP contribution is 2.33. The van der Waals surface area contributed by atoms with Gasteiger partial charge in [0, 0.05) is 24.1 Å². The highest BCUT2D eigenvalue weighted by molar-refractivity contribution is 7.91. The lowest BCUT2D eigenvalue weighted by Gasteiger charge is -2.28. The number of carbonyl (C=O) groups excluding carboxylic acids is 1. The van der Waals surface area contributed by atoms with Gasteiger partial charge in [0.25, 0.3) is 5.91 Å². The molecule has 1 fully saturated rings. The Kier molecular flexibility index (Phi) is 11.0. The summed E-state index contributed by atoms with van der Waals surface area (Å²) < 4.78 is 102. The van der Waals surface area contributed by atoms with Crippen molar-refractivity contribution in [1.29, 1.82) is 0 Å². The third kappa shape index (κ3) is 8.74. The first-order valence-corrected chi connectivity index (χ1v) is 16.3. The van der Waals surface area contributed by atoms with Crippen LogP contribution in [0.5, 0.6) is 5.75 Å². The number of amides is 1. The normalized spacial score (nSPS) is 18.0. The van der Waals surface area contributed by atoms with Crippen LogP contribution in [0.3, 0.4) is 0 Å². The molecule has 2 N–H and O–H groups in total. The van der Waals surface area contributed by atoms with E-state index in [1.807, 2.05) is 0 Å². The fourth-order valence-electron chi connectivity index (χ4n) is 5.02. The lowest BCUT2D eigenvalue weighted by Crippen LogP contribution is -2.36. The van der Waals surface area contributed by atoms with Crippen LogP contribution in [0.15, 0.2) is 77.7 Å². The number of sulfone groups is 1. The highest BCUT2D eigenvalue weighted by Gasteiger charge is 2.37. The number of anilines is 1. The molecule has 3 aromatic rings. The number of hydrogen-bond donors (Lipinski definition) is 2. The van der Waals surface area contributed by atoms with Crippen molar-refractivity contribution in [2.24, 2.45) is 0 Å². The Morgan fingerprint density at radius 2 is 1.61 bits per heavy atom. The summed E-state index contributed by atoms with van der Waals surface area (Å²) in [6.45, 7) is 2.26. The van der Waals surface area contributed by atoms with E-state index >= 15 is 0 Å². The number of halogens is 5. The predicted molar refractivity (Wildman–Crippen MR) is 161 cm³/mol. The molecule has 1 heterocycles. The van der Waals surface area contributed by atoms with Crippen LogP contribution in [0.1, 0.15) is 54.2 Å². The predicted octanol–water partition coefficient (Wildman–Crippen LogP) is 6.01. The molecular weight excluding hydrogens is 635 g/mol. The fraction of sp³-hybridized carbons (Fsp3) is 0.406. The van der Waals surface area contributed by atoms with Gasteiger partial charge < -0.3 is 24.8 Å². The quantitative estimate of drug-likeness (QED) is 0.215. The van der Waals surface area contributed by atoms with Crippen LogP contribution < -0.4 is 15.0 Å². The number of nitrogens with one attached hydrogen (secondary N) is 1. The molecule has 3 atom stereocenters. The van der Waals surface area contributed by atoms with Crippen molar-refractivity contribution >= 4 is 21.4 Å². The minimum atomic E-state index is -4.50. The van der Waals surface area contributed by atoms with Crippen LogP contribution in [-0.2, 0) is 20.8 Å². The van der Waals surface area contributed by atoms with E-state index in [9.17, 15) is 40.3 Å². The van der Waals surface area contributed by atoms with Gasteiger partial charge in [-0.3, -0.25) is 4.79 Å². The summed E-state index contributed by atoms with van der Waals surface area (Å²) >= 11 is 0. The Balaban J connectivity index is 1.46. The Bertz CT molecular complexity index is 1570. The van der Waals surface area contributed by atoms with Gasteiger partial charge in [-0.1, -0.05) is 26.0 Å². The Morgan fingerprint density at radius 3 is 2.15 bits per heavy atom. The molecule has 0 unspecified atom stereocenters. The number of ether oxygens (including phenoxy) is 2. The molecule has 1 amide bonds. The Labute approximate surface area is 264 Å². The van der Waals surface area contributed by atoms with E-state index in [2.05, 4.69) is 5.32 Å². The molecular formula is C32H35F5N2O6S. The van der Waals surface area contributed by atoms with Gasteiger partial charge in [-0.05, 0) is 66.2 Å². The number of carbonyl (C=O) groups is 1. The third-order valence-electron chi connectivity index (χ3n) is 7.73. The van der Waals surface area contributed by atoms with E-state index in [1.165, 1.54) is 62.4 Å². The van der Waals surface area contributed by atoms with Gasteiger partial charge >= 0.3 is 12.3 Å². The zero-order valence-corrected chi connectivity index (χ0v) is 26.0. The van der Waals surface area contributed by atoms with E-state index < -0.39 is 64.8 Å². The summed E-state index contributed by atoms with van der Waals surface area (Å²) in [6.07, 6.45) is -8.66. The molecule has 8 nitrogen and oxygen atoms in total. The van der Waals surface area contributed by atoms with E-state index in [1.54, 1.807) is 17.0 Å². The van der Waals surface area contributed by atoms with Crippen molar-refractivity contribution < 1.29 is 49.7 Å². The van der Waals surface area contributed by atoms with Gasteiger partial charge in [0.15, 0.2) is 9.84 Å². The third-order valence-corrected chi connectivity index (χ3v) is 9.48. The van der Waals surface area contributed by atoms with Crippen LogP contribution in [-0.4, -0.2) is 63.2 Å². The minimum Gasteiger partial charge on any atom is -0.489 e. The van der Waals surface area contributed by atoms with Gasteiger partial charge in [-0.15, -0.1) is 0 Å². The number of benzene rings is 3. The van der Waals surface area contributed by atoms with Crippen LogP contribution in [0.25, 0.3) is 0 Å². The van der Waals surface area contributed by atoms with Crippen molar-refractivity contribution in [3.63, 3.8) is 0 Å². The summed E-state index contributed by atoms with van der Waals surface area (Å²) in [7, 11) is -3.41. The molecule has 0 spiro atoms. The Hall–Kier alpha value is -3.75. The average Bonchev–Trinajstić information content (AvgIpc) is 3.45. The number of alkyl halides is 5. The molecule has 14 heteroatoms. The maximum atomic E-state index is 13.9. The van der Waals surface area contributed by atoms with Gasteiger partial charge in [0.1, 0.15) is 11.9 Å².